The van der Waals surface area contributed by atoms with E-state index in [1.54, 1.807) is 11.1 Å². The van der Waals surface area contributed by atoms with Crippen molar-refractivity contribution in [1.29, 1.82) is 0 Å². The van der Waals surface area contributed by atoms with Gasteiger partial charge in [0.25, 0.3) is 0 Å². The molecule has 4 nitrogen and oxygen atoms in total. The Balaban J connectivity index is 1.80. The van der Waals surface area contributed by atoms with Gasteiger partial charge in [-0.1, -0.05) is 6.07 Å². The summed E-state index contributed by atoms with van der Waals surface area (Å²) >= 11 is 0. The van der Waals surface area contributed by atoms with Crippen molar-refractivity contribution >= 4 is 5.91 Å². The number of carbonyl (C=O) groups excluding carboxylic acids is 1. The highest BCUT2D eigenvalue weighted by molar-refractivity contribution is 5.81. The van der Waals surface area contributed by atoms with Gasteiger partial charge in [-0.05, 0) is 31.5 Å². The lowest BCUT2D eigenvalue weighted by atomic mass is 10.2. The van der Waals surface area contributed by atoms with Crippen LogP contribution in [-0.4, -0.2) is 42.0 Å². The molecule has 2 heterocycles. The Labute approximate surface area is 102 Å². The Morgan fingerprint density at radius 3 is 3.12 bits per heavy atom. The maximum atomic E-state index is 12.0. The highest BCUT2D eigenvalue weighted by Gasteiger charge is 2.24. The number of amides is 1. The van der Waals surface area contributed by atoms with Crippen molar-refractivity contribution in [2.24, 2.45) is 0 Å². The van der Waals surface area contributed by atoms with E-state index < -0.39 is 0 Å². The molecule has 1 amide bonds. The van der Waals surface area contributed by atoms with Crippen LogP contribution in [0.2, 0.25) is 0 Å². The fraction of sp³-hybridized carbons (Fsp3) is 0.538. The summed E-state index contributed by atoms with van der Waals surface area (Å²) in [5.41, 5.74) is 1.03. The molecule has 17 heavy (non-hydrogen) atoms. The molecule has 0 saturated carbocycles. The normalized spacial score (nSPS) is 19.2. The minimum absolute atomic E-state index is 0.0312. The standard InChI is InChI=1S/C13H19N3O/c1-16(13(17)12-6-4-9-15-12)10-7-11-5-2-3-8-14-11/h2-3,5,8,12,15H,4,6-7,9-10H2,1H3/t12-/m1/s1. The molecule has 0 bridgehead atoms. The number of nitrogens with zero attached hydrogens (tertiary/aromatic N) is 2. The van der Waals surface area contributed by atoms with Crippen molar-refractivity contribution in [1.82, 2.24) is 15.2 Å². The number of aromatic nitrogens is 1. The van der Waals surface area contributed by atoms with Crippen molar-refractivity contribution in [3.63, 3.8) is 0 Å². The van der Waals surface area contributed by atoms with Gasteiger partial charge in [0.2, 0.25) is 5.91 Å². The average Bonchev–Trinajstić information content (AvgIpc) is 2.90. The van der Waals surface area contributed by atoms with E-state index in [1.807, 2.05) is 25.2 Å². The van der Waals surface area contributed by atoms with Gasteiger partial charge in [0, 0.05) is 31.9 Å². The van der Waals surface area contributed by atoms with Crippen molar-refractivity contribution in [2.45, 2.75) is 25.3 Å². The van der Waals surface area contributed by atoms with E-state index in [9.17, 15) is 4.79 Å². The van der Waals surface area contributed by atoms with Gasteiger partial charge in [-0.15, -0.1) is 0 Å². The maximum Gasteiger partial charge on any atom is 0.239 e. The number of hydrogen-bond acceptors (Lipinski definition) is 3. The molecule has 1 atom stereocenters. The molecule has 0 radical (unpaired) electrons. The van der Waals surface area contributed by atoms with Crippen LogP contribution in [0.5, 0.6) is 0 Å². The molecule has 2 rings (SSSR count). The lowest BCUT2D eigenvalue weighted by molar-refractivity contribution is -0.131. The SMILES string of the molecule is CN(CCc1ccccn1)C(=O)[C@H]1CCCN1. The number of nitrogens with one attached hydrogen (secondary N) is 1. The molecule has 1 aliphatic rings. The van der Waals surface area contributed by atoms with E-state index in [0.717, 1.165) is 38.0 Å². The van der Waals surface area contributed by atoms with Crippen LogP contribution in [-0.2, 0) is 11.2 Å². The van der Waals surface area contributed by atoms with Gasteiger partial charge in [0.05, 0.1) is 6.04 Å². The summed E-state index contributed by atoms with van der Waals surface area (Å²) in [5, 5.41) is 3.23. The summed E-state index contributed by atoms with van der Waals surface area (Å²) in [5.74, 6) is 0.207. The third-order valence-corrected chi connectivity index (χ3v) is 3.16. The monoisotopic (exact) mass is 233 g/mol. The van der Waals surface area contributed by atoms with Crippen molar-refractivity contribution in [3.8, 4) is 0 Å². The average molecular weight is 233 g/mol. The molecule has 1 aromatic rings. The molecule has 0 aliphatic carbocycles. The maximum absolute atomic E-state index is 12.0. The van der Waals surface area contributed by atoms with E-state index in [2.05, 4.69) is 10.3 Å². The van der Waals surface area contributed by atoms with Gasteiger partial charge in [-0.25, -0.2) is 0 Å². The van der Waals surface area contributed by atoms with E-state index in [4.69, 9.17) is 0 Å². The predicted octanol–water partition coefficient (Wildman–Crippen LogP) is 0.834. The molecular weight excluding hydrogens is 214 g/mol. The fourth-order valence-corrected chi connectivity index (χ4v) is 2.10. The molecule has 0 spiro atoms. The Morgan fingerprint density at radius 1 is 1.59 bits per heavy atom. The number of rotatable bonds is 4. The number of hydrogen-bond donors (Lipinski definition) is 1. The van der Waals surface area contributed by atoms with E-state index in [0.29, 0.717) is 0 Å². The fourth-order valence-electron chi connectivity index (χ4n) is 2.10. The van der Waals surface area contributed by atoms with Crippen LogP contribution in [0.15, 0.2) is 24.4 Å². The summed E-state index contributed by atoms with van der Waals surface area (Å²) in [6.45, 7) is 1.69. The second-order valence-electron chi connectivity index (χ2n) is 4.48. The van der Waals surface area contributed by atoms with Gasteiger partial charge < -0.3 is 10.2 Å². The lowest BCUT2D eigenvalue weighted by Gasteiger charge is -2.20. The molecule has 4 heteroatoms. The molecule has 1 saturated heterocycles. The zero-order valence-electron chi connectivity index (χ0n) is 10.2. The Morgan fingerprint density at radius 2 is 2.47 bits per heavy atom. The zero-order valence-corrected chi connectivity index (χ0v) is 10.2. The van der Waals surface area contributed by atoms with Crippen LogP contribution >= 0.6 is 0 Å². The largest absolute Gasteiger partial charge is 0.344 e. The second-order valence-corrected chi connectivity index (χ2v) is 4.48. The number of likely N-dealkylation sites (N-methyl/N-ethyl adjacent to an activating group) is 1. The molecule has 92 valence electrons. The first kappa shape index (κ1) is 12.0. The highest BCUT2D eigenvalue weighted by Crippen LogP contribution is 2.08. The first-order valence-corrected chi connectivity index (χ1v) is 6.15. The van der Waals surface area contributed by atoms with Crippen LogP contribution in [0.4, 0.5) is 0 Å². The smallest absolute Gasteiger partial charge is 0.239 e. The minimum Gasteiger partial charge on any atom is -0.344 e. The summed E-state index contributed by atoms with van der Waals surface area (Å²) in [6, 6.07) is 5.90. The lowest BCUT2D eigenvalue weighted by Crippen LogP contribution is -2.42. The number of carbonyl (C=O) groups is 1. The molecular formula is C13H19N3O. The molecule has 1 N–H and O–H groups in total. The first-order chi connectivity index (χ1) is 8.27. The predicted molar refractivity (Wildman–Crippen MR) is 66.6 cm³/mol. The first-order valence-electron chi connectivity index (χ1n) is 6.15. The van der Waals surface area contributed by atoms with Crippen molar-refractivity contribution in [2.75, 3.05) is 20.1 Å². The Bertz CT molecular complexity index is 360. The Hall–Kier alpha value is -1.42. The van der Waals surface area contributed by atoms with E-state index in [-0.39, 0.29) is 11.9 Å². The van der Waals surface area contributed by atoms with Crippen LogP contribution in [0, 0.1) is 0 Å². The topological polar surface area (TPSA) is 45.2 Å². The third kappa shape index (κ3) is 3.27. The van der Waals surface area contributed by atoms with Gasteiger partial charge >= 0.3 is 0 Å². The summed E-state index contributed by atoms with van der Waals surface area (Å²) < 4.78 is 0. The molecule has 1 fully saturated rings. The van der Waals surface area contributed by atoms with Crippen molar-refractivity contribution in [3.05, 3.63) is 30.1 Å². The van der Waals surface area contributed by atoms with Gasteiger partial charge in [-0.2, -0.15) is 0 Å². The summed E-state index contributed by atoms with van der Waals surface area (Å²) in [6.07, 6.45) is 4.67. The minimum atomic E-state index is 0.0312. The van der Waals surface area contributed by atoms with Gasteiger partial charge in [0.15, 0.2) is 0 Å². The number of pyridine rings is 1. The van der Waals surface area contributed by atoms with Crippen LogP contribution in [0.25, 0.3) is 0 Å². The van der Waals surface area contributed by atoms with Crippen LogP contribution in [0.1, 0.15) is 18.5 Å². The summed E-state index contributed by atoms with van der Waals surface area (Å²) in [4.78, 5) is 18.1. The molecule has 0 aromatic carbocycles. The quantitative estimate of drug-likeness (QED) is 0.838. The van der Waals surface area contributed by atoms with Crippen LogP contribution < -0.4 is 5.32 Å². The van der Waals surface area contributed by atoms with Crippen molar-refractivity contribution < 1.29 is 4.79 Å². The third-order valence-electron chi connectivity index (χ3n) is 3.16. The van der Waals surface area contributed by atoms with Gasteiger partial charge in [0.1, 0.15) is 0 Å². The highest BCUT2D eigenvalue weighted by atomic mass is 16.2. The zero-order chi connectivity index (χ0) is 12.1. The molecule has 0 unspecified atom stereocenters. The molecule has 1 aromatic heterocycles. The van der Waals surface area contributed by atoms with E-state index >= 15 is 0 Å². The van der Waals surface area contributed by atoms with Gasteiger partial charge in [-0.3, -0.25) is 9.78 Å². The van der Waals surface area contributed by atoms with Crippen LogP contribution in [0.3, 0.4) is 0 Å². The second kappa shape index (κ2) is 5.77. The Kier molecular flexibility index (Phi) is 4.09. The summed E-state index contributed by atoms with van der Waals surface area (Å²) in [7, 11) is 1.87. The van der Waals surface area contributed by atoms with E-state index in [1.165, 1.54) is 0 Å². The molecule has 1 aliphatic heterocycles.